The quantitative estimate of drug-likeness (QED) is 0.761. The highest BCUT2D eigenvalue weighted by atomic mass is 16.5. The lowest BCUT2D eigenvalue weighted by atomic mass is 9.80. The molecular formula is C13H24O4. The van der Waals surface area contributed by atoms with Crippen LogP contribution in [0.2, 0.25) is 0 Å². The second-order valence-corrected chi connectivity index (χ2v) is 5.18. The molecule has 0 bridgehead atoms. The van der Waals surface area contributed by atoms with Gasteiger partial charge in [-0.3, -0.25) is 0 Å². The number of carbonyl (C=O) groups is 1. The number of aliphatic hydroxyl groups is 2. The maximum absolute atomic E-state index is 11.2. The standard InChI is InChI=1S/C13H24O4/c1-4-8(2)13-10(5-9(3)15)6-11(16)12(7-14)17-13/h8,10-14,16H,4-7H2,1-3H3/t8?,10?,11?,12-,13?/m1/s1. The van der Waals surface area contributed by atoms with Gasteiger partial charge in [0.1, 0.15) is 11.9 Å². The second kappa shape index (κ2) is 6.47. The molecule has 0 spiro atoms. The van der Waals surface area contributed by atoms with Gasteiger partial charge in [-0.1, -0.05) is 20.3 Å². The summed E-state index contributed by atoms with van der Waals surface area (Å²) in [6.45, 7) is 5.57. The van der Waals surface area contributed by atoms with E-state index in [9.17, 15) is 9.90 Å². The van der Waals surface area contributed by atoms with Gasteiger partial charge in [0, 0.05) is 6.42 Å². The van der Waals surface area contributed by atoms with E-state index in [0.717, 1.165) is 6.42 Å². The van der Waals surface area contributed by atoms with Crippen LogP contribution >= 0.6 is 0 Å². The summed E-state index contributed by atoms with van der Waals surface area (Å²) in [6, 6.07) is 0. The first-order valence-corrected chi connectivity index (χ1v) is 6.43. The summed E-state index contributed by atoms with van der Waals surface area (Å²) in [5.74, 6) is 0.530. The van der Waals surface area contributed by atoms with Crippen LogP contribution < -0.4 is 0 Å². The fourth-order valence-electron chi connectivity index (χ4n) is 2.56. The predicted molar refractivity (Wildman–Crippen MR) is 64.6 cm³/mol. The van der Waals surface area contributed by atoms with E-state index >= 15 is 0 Å². The largest absolute Gasteiger partial charge is 0.394 e. The van der Waals surface area contributed by atoms with E-state index in [-0.39, 0.29) is 24.4 Å². The van der Waals surface area contributed by atoms with Crippen molar-refractivity contribution in [3.05, 3.63) is 0 Å². The molecule has 0 aromatic rings. The zero-order chi connectivity index (χ0) is 13.0. The Kier molecular flexibility index (Phi) is 5.56. The molecule has 1 saturated heterocycles. The van der Waals surface area contributed by atoms with Crippen LogP contribution in [0.4, 0.5) is 0 Å². The summed E-state index contributed by atoms with van der Waals surface area (Å²) in [4.78, 5) is 11.2. The van der Waals surface area contributed by atoms with Crippen molar-refractivity contribution in [1.29, 1.82) is 0 Å². The predicted octanol–water partition coefficient (Wildman–Crippen LogP) is 1.14. The summed E-state index contributed by atoms with van der Waals surface area (Å²) >= 11 is 0. The average Bonchev–Trinajstić information content (AvgIpc) is 2.27. The Bertz CT molecular complexity index is 254. The first-order chi connectivity index (χ1) is 7.99. The van der Waals surface area contributed by atoms with E-state index in [1.54, 1.807) is 6.92 Å². The molecule has 100 valence electrons. The van der Waals surface area contributed by atoms with Gasteiger partial charge in [-0.25, -0.2) is 0 Å². The van der Waals surface area contributed by atoms with Crippen LogP contribution in [0.3, 0.4) is 0 Å². The topological polar surface area (TPSA) is 66.8 Å². The highest BCUT2D eigenvalue weighted by Gasteiger charge is 2.39. The smallest absolute Gasteiger partial charge is 0.130 e. The number of hydrogen-bond acceptors (Lipinski definition) is 4. The summed E-state index contributed by atoms with van der Waals surface area (Å²) in [5.41, 5.74) is 0. The van der Waals surface area contributed by atoms with E-state index in [2.05, 4.69) is 13.8 Å². The Morgan fingerprint density at radius 2 is 2.18 bits per heavy atom. The van der Waals surface area contributed by atoms with Crippen molar-refractivity contribution in [2.45, 2.75) is 58.3 Å². The monoisotopic (exact) mass is 244 g/mol. The lowest BCUT2D eigenvalue weighted by Gasteiger charge is -2.41. The van der Waals surface area contributed by atoms with Crippen molar-refractivity contribution in [2.75, 3.05) is 6.61 Å². The summed E-state index contributed by atoms with van der Waals surface area (Å²) < 4.78 is 5.76. The highest BCUT2D eigenvalue weighted by molar-refractivity contribution is 5.75. The van der Waals surface area contributed by atoms with Crippen LogP contribution in [0, 0.1) is 11.8 Å². The summed E-state index contributed by atoms with van der Waals surface area (Å²) in [6.07, 6.45) is 0.753. The van der Waals surface area contributed by atoms with Gasteiger partial charge in [-0.2, -0.15) is 0 Å². The Hall–Kier alpha value is -0.450. The lowest BCUT2D eigenvalue weighted by Crippen LogP contribution is -2.48. The fourth-order valence-corrected chi connectivity index (χ4v) is 2.56. The molecule has 4 heteroatoms. The third kappa shape index (κ3) is 3.76. The second-order valence-electron chi connectivity index (χ2n) is 5.18. The molecule has 4 unspecified atom stereocenters. The number of Topliss-reactive ketones (excluding diaryl/α,β-unsaturated/α-hetero) is 1. The normalized spacial score (nSPS) is 35.6. The fraction of sp³-hybridized carbons (Fsp3) is 0.923. The highest BCUT2D eigenvalue weighted by Crippen LogP contribution is 2.33. The zero-order valence-electron chi connectivity index (χ0n) is 10.9. The van der Waals surface area contributed by atoms with E-state index in [1.165, 1.54) is 0 Å². The molecule has 2 N–H and O–H groups in total. The van der Waals surface area contributed by atoms with Gasteiger partial charge in [0.15, 0.2) is 0 Å². The van der Waals surface area contributed by atoms with Crippen molar-refractivity contribution >= 4 is 5.78 Å². The minimum Gasteiger partial charge on any atom is -0.394 e. The number of rotatable bonds is 5. The lowest BCUT2D eigenvalue weighted by molar-refractivity contribution is -0.175. The van der Waals surface area contributed by atoms with Crippen LogP contribution in [-0.4, -0.2) is 40.9 Å². The Morgan fingerprint density at radius 1 is 1.53 bits per heavy atom. The van der Waals surface area contributed by atoms with E-state index in [1.807, 2.05) is 0 Å². The molecule has 0 aromatic heterocycles. The molecule has 1 heterocycles. The molecule has 0 saturated carbocycles. The molecule has 1 fully saturated rings. The third-order valence-corrected chi connectivity index (χ3v) is 3.70. The van der Waals surface area contributed by atoms with Crippen molar-refractivity contribution in [3.8, 4) is 0 Å². The molecule has 1 aliphatic heterocycles. The first-order valence-electron chi connectivity index (χ1n) is 6.43. The number of hydrogen-bond donors (Lipinski definition) is 2. The Morgan fingerprint density at radius 3 is 2.65 bits per heavy atom. The molecule has 4 nitrogen and oxygen atoms in total. The van der Waals surface area contributed by atoms with Crippen LogP contribution in [-0.2, 0) is 9.53 Å². The number of ether oxygens (including phenoxy) is 1. The van der Waals surface area contributed by atoms with Crippen molar-refractivity contribution < 1.29 is 19.7 Å². The van der Waals surface area contributed by atoms with Crippen molar-refractivity contribution in [1.82, 2.24) is 0 Å². The number of ketones is 1. The number of carbonyl (C=O) groups excluding carboxylic acids is 1. The van der Waals surface area contributed by atoms with Crippen LogP contribution in [0.1, 0.15) is 40.0 Å². The minimum atomic E-state index is -0.662. The number of aliphatic hydroxyl groups excluding tert-OH is 2. The zero-order valence-corrected chi connectivity index (χ0v) is 10.9. The van der Waals surface area contributed by atoms with Crippen molar-refractivity contribution in [3.63, 3.8) is 0 Å². The molecule has 0 aliphatic carbocycles. The molecular weight excluding hydrogens is 220 g/mol. The molecule has 17 heavy (non-hydrogen) atoms. The van der Waals surface area contributed by atoms with Gasteiger partial charge < -0.3 is 19.7 Å². The average molecular weight is 244 g/mol. The van der Waals surface area contributed by atoms with E-state index in [4.69, 9.17) is 9.84 Å². The van der Waals surface area contributed by atoms with Gasteiger partial charge in [0.2, 0.25) is 0 Å². The molecule has 1 aliphatic rings. The molecule has 1 rings (SSSR count). The van der Waals surface area contributed by atoms with Gasteiger partial charge in [-0.15, -0.1) is 0 Å². The molecule has 5 atom stereocenters. The van der Waals surface area contributed by atoms with Gasteiger partial charge in [0.25, 0.3) is 0 Å². The van der Waals surface area contributed by atoms with Gasteiger partial charge in [-0.05, 0) is 25.2 Å². The first kappa shape index (κ1) is 14.6. The Labute approximate surface area is 103 Å². The SMILES string of the molecule is CCC(C)C1O[C@H](CO)C(O)CC1CC(C)=O. The summed E-state index contributed by atoms with van der Waals surface area (Å²) in [5, 5.41) is 19.0. The van der Waals surface area contributed by atoms with E-state index < -0.39 is 12.2 Å². The molecule has 0 radical (unpaired) electrons. The molecule has 0 aromatic carbocycles. The molecule has 0 amide bonds. The minimum absolute atomic E-state index is 0.0375. The maximum atomic E-state index is 11.2. The third-order valence-electron chi connectivity index (χ3n) is 3.70. The van der Waals surface area contributed by atoms with Gasteiger partial charge in [0.05, 0.1) is 18.8 Å². The Balaban J connectivity index is 2.74. The summed E-state index contributed by atoms with van der Waals surface area (Å²) in [7, 11) is 0. The van der Waals surface area contributed by atoms with Crippen LogP contribution in [0.25, 0.3) is 0 Å². The maximum Gasteiger partial charge on any atom is 0.130 e. The van der Waals surface area contributed by atoms with Crippen LogP contribution in [0.15, 0.2) is 0 Å². The van der Waals surface area contributed by atoms with Gasteiger partial charge >= 0.3 is 0 Å². The van der Waals surface area contributed by atoms with Crippen LogP contribution in [0.5, 0.6) is 0 Å². The van der Waals surface area contributed by atoms with Crippen molar-refractivity contribution in [2.24, 2.45) is 11.8 Å². The van der Waals surface area contributed by atoms with E-state index in [0.29, 0.717) is 18.8 Å².